The Morgan fingerprint density at radius 3 is 2.48 bits per heavy atom. The van der Waals surface area contributed by atoms with Gasteiger partial charge in [0.1, 0.15) is 0 Å². The molecule has 0 atom stereocenters. The molecule has 0 saturated carbocycles. The van der Waals surface area contributed by atoms with Gasteiger partial charge in [-0.3, -0.25) is 4.90 Å². The van der Waals surface area contributed by atoms with E-state index in [1.54, 1.807) is 23.7 Å². The number of aromatic nitrogens is 3. The molecule has 0 N–H and O–H groups in total. The first-order chi connectivity index (χ1) is 10.2. The standard InChI is InChI=1S/C15H21N5S/c1-12(2)14-18-13(11-21-14)10-19-6-8-20(9-7-19)15-16-4-3-5-17-15/h3-5,11-12H,6-10H2,1-2H3. The summed E-state index contributed by atoms with van der Waals surface area (Å²) in [5.74, 6) is 1.36. The van der Waals surface area contributed by atoms with Gasteiger partial charge in [-0.15, -0.1) is 11.3 Å². The SMILES string of the molecule is CC(C)c1nc(CN2CCN(c3ncccn3)CC2)cs1. The Morgan fingerprint density at radius 1 is 1.14 bits per heavy atom. The molecule has 0 radical (unpaired) electrons. The van der Waals surface area contributed by atoms with Crippen molar-refractivity contribution in [3.63, 3.8) is 0 Å². The maximum atomic E-state index is 4.72. The maximum absolute atomic E-state index is 4.72. The molecule has 3 heterocycles. The van der Waals surface area contributed by atoms with Gasteiger partial charge in [-0.05, 0) is 6.07 Å². The van der Waals surface area contributed by atoms with Gasteiger partial charge < -0.3 is 4.90 Å². The summed E-state index contributed by atoms with van der Waals surface area (Å²) in [6.45, 7) is 9.37. The molecule has 1 saturated heterocycles. The van der Waals surface area contributed by atoms with Crippen molar-refractivity contribution >= 4 is 17.3 Å². The Kier molecular flexibility index (Phi) is 4.45. The van der Waals surface area contributed by atoms with Crippen LogP contribution in [0, 0.1) is 0 Å². The lowest BCUT2D eigenvalue weighted by molar-refractivity contribution is 0.246. The quantitative estimate of drug-likeness (QED) is 0.868. The van der Waals surface area contributed by atoms with Crippen LogP contribution in [0.4, 0.5) is 5.95 Å². The zero-order chi connectivity index (χ0) is 14.7. The highest BCUT2D eigenvalue weighted by molar-refractivity contribution is 7.09. The second-order valence-electron chi connectivity index (χ2n) is 5.64. The summed E-state index contributed by atoms with van der Waals surface area (Å²) in [6.07, 6.45) is 3.61. The van der Waals surface area contributed by atoms with Crippen LogP contribution in [0.15, 0.2) is 23.8 Å². The number of hydrogen-bond donors (Lipinski definition) is 0. The summed E-state index contributed by atoms with van der Waals surface area (Å²) in [4.78, 5) is 18.1. The molecule has 0 amide bonds. The van der Waals surface area contributed by atoms with E-state index in [4.69, 9.17) is 4.98 Å². The molecule has 3 rings (SSSR count). The topological polar surface area (TPSA) is 45.2 Å². The van der Waals surface area contributed by atoms with Gasteiger partial charge in [-0.1, -0.05) is 13.8 Å². The summed E-state index contributed by atoms with van der Waals surface area (Å²) in [5, 5.41) is 3.43. The largest absolute Gasteiger partial charge is 0.338 e. The smallest absolute Gasteiger partial charge is 0.225 e. The number of nitrogens with zero attached hydrogens (tertiary/aromatic N) is 5. The van der Waals surface area contributed by atoms with Crippen molar-refractivity contribution in [3.8, 4) is 0 Å². The predicted octanol–water partition coefficient (Wildman–Crippen LogP) is 2.38. The second-order valence-corrected chi connectivity index (χ2v) is 6.53. The van der Waals surface area contributed by atoms with Crippen molar-refractivity contribution in [3.05, 3.63) is 34.5 Å². The number of rotatable bonds is 4. The molecule has 1 fully saturated rings. The third-order valence-electron chi connectivity index (χ3n) is 3.66. The summed E-state index contributed by atoms with van der Waals surface area (Å²) >= 11 is 1.78. The molecule has 0 aromatic carbocycles. The number of piperazine rings is 1. The molecule has 0 aliphatic carbocycles. The van der Waals surface area contributed by atoms with Crippen molar-refractivity contribution in [2.75, 3.05) is 31.1 Å². The molecule has 112 valence electrons. The van der Waals surface area contributed by atoms with Gasteiger partial charge in [0.25, 0.3) is 0 Å². The molecular formula is C15H21N5S. The second kappa shape index (κ2) is 6.49. The Balaban J connectivity index is 1.54. The van der Waals surface area contributed by atoms with Crippen LogP contribution in [0.1, 0.15) is 30.5 Å². The van der Waals surface area contributed by atoms with E-state index >= 15 is 0 Å². The van der Waals surface area contributed by atoms with E-state index in [-0.39, 0.29) is 0 Å². The van der Waals surface area contributed by atoms with Crippen LogP contribution < -0.4 is 4.90 Å². The van der Waals surface area contributed by atoms with E-state index in [9.17, 15) is 0 Å². The van der Waals surface area contributed by atoms with Crippen LogP contribution in [0.25, 0.3) is 0 Å². The fourth-order valence-corrected chi connectivity index (χ4v) is 3.28. The minimum Gasteiger partial charge on any atom is -0.338 e. The van der Waals surface area contributed by atoms with Crippen molar-refractivity contribution in [1.29, 1.82) is 0 Å². The van der Waals surface area contributed by atoms with E-state index in [1.807, 2.05) is 6.07 Å². The molecule has 0 unspecified atom stereocenters. The maximum Gasteiger partial charge on any atom is 0.225 e. The molecule has 2 aromatic rings. The van der Waals surface area contributed by atoms with Crippen molar-refractivity contribution in [2.45, 2.75) is 26.3 Å². The lowest BCUT2D eigenvalue weighted by atomic mass is 10.2. The fourth-order valence-electron chi connectivity index (χ4n) is 2.45. The highest BCUT2D eigenvalue weighted by atomic mass is 32.1. The molecular weight excluding hydrogens is 282 g/mol. The molecule has 5 nitrogen and oxygen atoms in total. The lowest BCUT2D eigenvalue weighted by Gasteiger charge is -2.34. The van der Waals surface area contributed by atoms with Crippen molar-refractivity contribution < 1.29 is 0 Å². The van der Waals surface area contributed by atoms with Crippen LogP contribution in [-0.2, 0) is 6.54 Å². The van der Waals surface area contributed by atoms with Crippen LogP contribution >= 0.6 is 11.3 Å². The first kappa shape index (κ1) is 14.4. The molecule has 1 aliphatic heterocycles. The summed E-state index contributed by atoms with van der Waals surface area (Å²) in [6, 6.07) is 1.86. The van der Waals surface area contributed by atoms with E-state index in [0.29, 0.717) is 5.92 Å². The van der Waals surface area contributed by atoms with Gasteiger partial charge in [-0.2, -0.15) is 0 Å². The molecule has 1 aliphatic rings. The Morgan fingerprint density at radius 2 is 1.86 bits per heavy atom. The van der Waals surface area contributed by atoms with Gasteiger partial charge in [0, 0.05) is 56.4 Å². The molecule has 2 aromatic heterocycles. The molecule has 0 bridgehead atoms. The van der Waals surface area contributed by atoms with E-state index in [1.165, 1.54) is 10.7 Å². The Hall–Kier alpha value is -1.53. The zero-order valence-corrected chi connectivity index (χ0v) is 13.4. The van der Waals surface area contributed by atoms with Gasteiger partial charge in [0.15, 0.2) is 0 Å². The summed E-state index contributed by atoms with van der Waals surface area (Å²) in [5.41, 5.74) is 1.20. The van der Waals surface area contributed by atoms with Crippen LogP contribution in [0.3, 0.4) is 0 Å². The van der Waals surface area contributed by atoms with E-state index in [2.05, 4.69) is 39.0 Å². The van der Waals surface area contributed by atoms with Gasteiger partial charge in [0.2, 0.25) is 5.95 Å². The van der Waals surface area contributed by atoms with Crippen molar-refractivity contribution in [2.24, 2.45) is 0 Å². The van der Waals surface area contributed by atoms with E-state index in [0.717, 1.165) is 38.7 Å². The first-order valence-electron chi connectivity index (χ1n) is 7.41. The summed E-state index contributed by atoms with van der Waals surface area (Å²) < 4.78 is 0. The number of hydrogen-bond acceptors (Lipinski definition) is 6. The van der Waals surface area contributed by atoms with Crippen LogP contribution in [0.2, 0.25) is 0 Å². The number of thiazole rings is 1. The first-order valence-corrected chi connectivity index (χ1v) is 8.29. The number of anilines is 1. The average molecular weight is 303 g/mol. The zero-order valence-electron chi connectivity index (χ0n) is 12.6. The molecule has 21 heavy (non-hydrogen) atoms. The van der Waals surface area contributed by atoms with Crippen LogP contribution in [-0.4, -0.2) is 46.0 Å². The average Bonchev–Trinajstić information content (AvgIpc) is 2.98. The fraction of sp³-hybridized carbons (Fsp3) is 0.533. The third-order valence-corrected chi connectivity index (χ3v) is 4.85. The summed E-state index contributed by atoms with van der Waals surface area (Å²) in [7, 11) is 0. The van der Waals surface area contributed by atoms with E-state index < -0.39 is 0 Å². The lowest BCUT2D eigenvalue weighted by Crippen LogP contribution is -2.46. The van der Waals surface area contributed by atoms with Gasteiger partial charge >= 0.3 is 0 Å². The molecule has 0 spiro atoms. The molecule has 6 heteroatoms. The van der Waals surface area contributed by atoms with Crippen molar-refractivity contribution in [1.82, 2.24) is 19.9 Å². The Labute approximate surface area is 129 Å². The normalized spacial score (nSPS) is 16.6. The van der Waals surface area contributed by atoms with Gasteiger partial charge in [-0.25, -0.2) is 15.0 Å². The van der Waals surface area contributed by atoms with Crippen LogP contribution in [0.5, 0.6) is 0 Å². The predicted molar refractivity (Wildman–Crippen MR) is 85.7 cm³/mol. The third kappa shape index (κ3) is 3.57. The Bertz CT molecular complexity index is 560. The highest BCUT2D eigenvalue weighted by Gasteiger charge is 2.19. The minimum atomic E-state index is 0.524. The van der Waals surface area contributed by atoms with Gasteiger partial charge in [0.05, 0.1) is 10.7 Å². The monoisotopic (exact) mass is 303 g/mol. The highest BCUT2D eigenvalue weighted by Crippen LogP contribution is 2.20. The minimum absolute atomic E-state index is 0.524.